The molecule has 0 bridgehead atoms. The average Bonchev–Trinajstić information content (AvgIpc) is 2.75. The molecule has 2 heterocycles. The Kier molecular flexibility index (Phi) is 7.80. The third-order valence-corrected chi connectivity index (χ3v) is 6.09. The van der Waals surface area contributed by atoms with E-state index in [4.69, 9.17) is 4.74 Å². The molecule has 32 heavy (non-hydrogen) atoms. The summed E-state index contributed by atoms with van der Waals surface area (Å²) in [6.07, 6.45) is 3.80. The molecule has 1 aromatic rings. The van der Waals surface area contributed by atoms with Crippen LogP contribution in [0.4, 0.5) is 4.79 Å². The zero-order valence-electron chi connectivity index (χ0n) is 19.9. The summed E-state index contributed by atoms with van der Waals surface area (Å²) in [5, 5.41) is 0. The van der Waals surface area contributed by atoms with Gasteiger partial charge >= 0.3 is 6.09 Å². The fraction of sp³-hybridized carbons (Fsp3) is 0.640. The predicted octanol–water partition coefficient (Wildman–Crippen LogP) is 3.85. The smallest absolute Gasteiger partial charge is 0.410 e. The van der Waals surface area contributed by atoms with Gasteiger partial charge in [-0.3, -0.25) is 9.59 Å². The molecule has 2 fully saturated rings. The lowest BCUT2D eigenvalue weighted by Gasteiger charge is -2.40. The Morgan fingerprint density at radius 2 is 1.84 bits per heavy atom. The minimum atomic E-state index is -0.577. The predicted molar refractivity (Wildman–Crippen MR) is 123 cm³/mol. The number of amides is 3. The molecular formula is C25H37N3O4. The molecule has 0 aliphatic carbocycles. The molecule has 0 N–H and O–H groups in total. The molecule has 176 valence electrons. The van der Waals surface area contributed by atoms with Crippen molar-refractivity contribution in [1.29, 1.82) is 0 Å². The Bertz CT molecular complexity index is 805. The topological polar surface area (TPSA) is 70.2 Å². The zero-order chi connectivity index (χ0) is 23.3. The molecule has 1 aromatic carbocycles. The number of carbonyl (C=O) groups excluding carboxylic acids is 3. The van der Waals surface area contributed by atoms with Crippen LogP contribution in [0.1, 0.15) is 64.5 Å². The van der Waals surface area contributed by atoms with Gasteiger partial charge in [0.15, 0.2) is 0 Å². The van der Waals surface area contributed by atoms with Crippen molar-refractivity contribution < 1.29 is 19.1 Å². The minimum Gasteiger partial charge on any atom is -0.444 e. The Morgan fingerprint density at radius 3 is 2.50 bits per heavy atom. The number of benzene rings is 1. The van der Waals surface area contributed by atoms with Crippen LogP contribution in [0.5, 0.6) is 0 Å². The highest BCUT2D eigenvalue weighted by molar-refractivity contribution is 5.89. The summed E-state index contributed by atoms with van der Waals surface area (Å²) >= 11 is 0. The fourth-order valence-electron chi connectivity index (χ4n) is 4.58. The molecule has 2 unspecified atom stereocenters. The van der Waals surface area contributed by atoms with E-state index in [1.165, 1.54) is 0 Å². The van der Waals surface area contributed by atoms with Gasteiger partial charge in [-0.15, -0.1) is 0 Å². The molecular weight excluding hydrogens is 406 g/mol. The number of hydrogen-bond donors (Lipinski definition) is 0. The van der Waals surface area contributed by atoms with Gasteiger partial charge in [-0.25, -0.2) is 4.79 Å². The highest BCUT2D eigenvalue weighted by atomic mass is 16.6. The van der Waals surface area contributed by atoms with Crippen LogP contribution in [0.2, 0.25) is 0 Å². The number of nitrogens with zero attached hydrogens (tertiary/aromatic N) is 3. The number of rotatable bonds is 5. The van der Waals surface area contributed by atoms with E-state index < -0.39 is 11.6 Å². The van der Waals surface area contributed by atoms with E-state index in [-0.39, 0.29) is 23.8 Å². The minimum absolute atomic E-state index is 0.0175. The van der Waals surface area contributed by atoms with Crippen LogP contribution in [0, 0.1) is 5.92 Å². The molecule has 3 rings (SSSR count). The van der Waals surface area contributed by atoms with E-state index in [1.807, 2.05) is 56.0 Å². The Labute approximate surface area is 191 Å². The quantitative estimate of drug-likeness (QED) is 0.693. The first-order chi connectivity index (χ1) is 15.2. The van der Waals surface area contributed by atoms with E-state index in [2.05, 4.69) is 0 Å². The van der Waals surface area contributed by atoms with Crippen molar-refractivity contribution in [2.75, 3.05) is 33.2 Å². The third-order valence-electron chi connectivity index (χ3n) is 6.09. The number of carbonyl (C=O) groups is 3. The first kappa shape index (κ1) is 24.1. The maximum absolute atomic E-state index is 13.7. The summed E-state index contributed by atoms with van der Waals surface area (Å²) in [4.78, 5) is 44.0. The summed E-state index contributed by atoms with van der Waals surface area (Å²) in [5.74, 6) is 0.214. The van der Waals surface area contributed by atoms with Crippen LogP contribution < -0.4 is 0 Å². The van der Waals surface area contributed by atoms with Crippen molar-refractivity contribution in [3.63, 3.8) is 0 Å². The summed E-state index contributed by atoms with van der Waals surface area (Å²) in [6, 6.07) is 9.04. The normalized spacial score (nSPS) is 20.6. The van der Waals surface area contributed by atoms with E-state index in [9.17, 15) is 14.4 Å². The van der Waals surface area contributed by atoms with Gasteiger partial charge in [0.1, 0.15) is 11.6 Å². The van der Waals surface area contributed by atoms with Gasteiger partial charge in [-0.2, -0.15) is 0 Å². The lowest BCUT2D eigenvalue weighted by atomic mass is 9.95. The monoisotopic (exact) mass is 443 g/mol. The maximum Gasteiger partial charge on any atom is 0.410 e. The van der Waals surface area contributed by atoms with Gasteiger partial charge in [0, 0.05) is 39.6 Å². The van der Waals surface area contributed by atoms with E-state index in [0.717, 1.165) is 31.2 Å². The standard InChI is InChI=1S/C25H37N3O4/c1-25(2,3)32-24(31)26(4)17-19-11-10-15-27(18-19)23(30)22(20-12-6-5-7-13-20)28-16-9-8-14-21(28)29/h5-7,12-13,19,22H,8-11,14-18H2,1-4H3. The number of likely N-dealkylation sites (tertiary alicyclic amines) is 2. The molecule has 3 amide bonds. The second-order valence-corrected chi connectivity index (χ2v) is 10.0. The molecule has 7 heteroatoms. The summed E-state index contributed by atoms with van der Waals surface area (Å²) in [6.45, 7) is 7.97. The van der Waals surface area contributed by atoms with Crippen molar-refractivity contribution in [2.24, 2.45) is 5.92 Å². The van der Waals surface area contributed by atoms with Crippen molar-refractivity contribution >= 4 is 17.9 Å². The number of piperidine rings is 2. The van der Waals surface area contributed by atoms with E-state index in [1.54, 1.807) is 16.8 Å². The van der Waals surface area contributed by atoms with Crippen molar-refractivity contribution in [2.45, 2.75) is 64.5 Å². The molecule has 2 aliphatic rings. The van der Waals surface area contributed by atoms with E-state index >= 15 is 0 Å². The number of ether oxygens (including phenoxy) is 1. The second kappa shape index (κ2) is 10.4. The van der Waals surface area contributed by atoms with Crippen LogP contribution >= 0.6 is 0 Å². The van der Waals surface area contributed by atoms with Gasteiger partial charge < -0.3 is 19.4 Å². The van der Waals surface area contributed by atoms with Gasteiger partial charge in [0.25, 0.3) is 0 Å². The first-order valence-electron chi connectivity index (χ1n) is 11.7. The molecule has 0 radical (unpaired) electrons. The second-order valence-electron chi connectivity index (χ2n) is 10.0. The van der Waals surface area contributed by atoms with Crippen molar-refractivity contribution in [3.8, 4) is 0 Å². The lowest BCUT2D eigenvalue weighted by molar-refractivity contribution is -0.149. The van der Waals surface area contributed by atoms with Crippen LogP contribution in [-0.2, 0) is 14.3 Å². The zero-order valence-corrected chi connectivity index (χ0v) is 19.9. The largest absolute Gasteiger partial charge is 0.444 e. The highest BCUT2D eigenvalue weighted by Gasteiger charge is 2.37. The SMILES string of the molecule is CN(CC1CCCN(C(=O)C(c2ccccc2)N2CCCCC2=O)C1)C(=O)OC(C)(C)C. The highest BCUT2D eigenvalue weighted by Crippen LogP contribution is 2.29. The molecule has 0 spiro atoms. The molecule has 7 nitrogen and oxygen atoms in total. The Hall–Kier alpha value is -2.57. The molecule has 0 aromatic heterocycles. The summed E-state index contributed by atoms with van der Waals surface area (Å²) in [7, 11) is 1.74. The van der Waals surface area contributed by atoms with Crippen molar-refractivity contribution in [1.82, 2.24) is 14.7 Å². The molecule has 0 saturated carbocycles. The van der Waals surface area contributed by atoms with Crippen LogP contribution in [0.15, 0.2) is 30.3 Å². The first-order valence-corrected chi connectivity index (χ1v) is 11.7. The van der Waals surface area contributed by atoms with Gasteiger partial charge in [0.05, 0.1) is 0 Å². The number of hydrogen-bond acceptors (Lipinski definition) is 4. The fourth-order valence-corrected chi connectivity index (χ4v) is 4.58. The van der Waals surface area contributed by atoms with Gasteiger partial charge in [-0.1, -0.05) is 30.3 Å². The maximum atomic E-state index is 13.7. The Balaban J connectivity index is 1.71. The summed E-state index contributed by atoms with van der Waals surface area (Å²) in [5.41, 5.74) is 0.324. The molecule has 2 aliphatic heterocycles. The van der Waals surface area contributed by atoms with Gasteiger partial charge in [0.2, 0.25) is 11.8 Å². The van der Waals surface area contributed by atoms with Gasteiger partial charge in [-0.05, 0) is 57.9 Å². The van der Waals surface area contributed by atoms with Crippen molar-refractivity contribution in [3.05, 3.63) is 35.9 Å². The third kappa shape index (κ3) is 6.24. The molecule has 2 atom stereocenters. The van der Waals surface area contributed by atoms with Crippen LogP contribution in [0.3, 0.4) is 0 Å². The Morgan fingerprint density at radius 1 is 1.12 bits per heavy atom. The summed E-state index contributed by atoms with van der Waals surface area (Å²) < 4.78 is 5.46. The molecule has 2 saturated heterocycles. The van der Waals surface area contributed by atoms with E-state index in [0.29, 0.717) is 32.6 Å². The lowest BCUT2D eigenvalue weighted by Crippen LogP contribution is -2.51. The van der Waals surface area contributed by atoms with Crippen LogP contribution in [0.25, 0.3) is 0 Å². The average molecular weight is 444 g/mol. The van der Waals surface area contributed by atoms with Crippen LogP contribution in [-0.4, -0.2) is 71.4 Å².